The van der Waals surface area contributed by atoms with Crippen molar-refractivity contribution in [2.45, 2.75) is 57.7 Å². The molecule has 2 heterocycles. The smallest absolute Gasteiger partial charge is 0.247 e. The summed E-state index contributed by atoms with van der Waals surface area (Å²) >= 11 is 0. The van der Waals surface area contributed by atoms with Crippen LogP contribution in [0.25, 0.3) is 0 Å². The molecule has 3 rings (SSSR count). The van der Waals surface area contributed by atoms with Gasteiger partial charge in [-0.15, -0.1) is 0 Å². The van der Waals surface area contributed by atoms with Crippen LogP contribution in [0, 0.1) is 13.8 Å². The number of rotatable bonds is 5. The van der Waals surface area contributed by atoms with Gasteiger partial charge in [0, 0.05) is 37.9 Å². The predicted octanol–water partition coefficient (Wildman–Crippen LogP) is 1.78. The zero-order valence-corrected chi connectivity index (χ0v) is 18.7. The number of benzene rings is 1. The van der Waals surface area contributed by atoms with Gasteiger partial charge in [0.15, 0.2) is 0 Å². The molecule has 0 bridgehead atoms. The van der Waals surface area contributed by atoms with Crippen molar-refractivity contribution in [2.24, 2.45) is 0 Å². The van der Waals surface area contributed by atoms with Crippen molar-refractivity contribution in [3.05, 3.63) is 29.3 Å². The summed E-state index contributed by atoms with van der Waals surface area (Å²) in [7, 11) is 4.06. The first-order valence-corrected chi connectivity index (χ1v) is 11.0. The van der Waals surface area contributed by atoms with E-state index in [4.69, 9.17) is 0 Å². The molecule has 2 fully saturated rings. The SMILES string of the molecule is CCN(C(=O)C1(N(C)C)CCN([C@@H]2CNCC[C@H]2O)CC1)c1c(C)cccc1C. The van der Waals surface area contributed by atoms with Crippen LogP contribution >= 0.6 is 0 Å². The highest BCUT2D eigenvalue weighted by molar-refractivity contribution is 6.01. The van der Waals surface area contributed by atoms with E-state index >= 15 is 0 Å². The van der Waals surface area contributed by atoms with Crippen molar-refractivity contribution in [1.29, 1.82) is 0 Å². The molecule has 6 heteroatoms. The molecule has 0 aliphatic carbocycles. The van der Waals surface area contributed by atoms with Crippen LogP contribution in [0.2, 0.25) is 0 Å². The number of anilines is 1. The van der Waals surface area contributed by atoms with Crippen LogP contribution in [0.4, 0.5) is 5.69 Å². The number of hydrogen-bond acceptors (Lipinski definition) is 5. The van der Waals surface area contributed by atoms with Crippen molar-refractivity contribution < 1.29 is 9.90 Å². The fraction of sp³-hybridized carbons (Fsp3) is 0.696. The lowest BCUT2D eigenvalue weighted by atomic mass is 9.83. The van der Waals surface area contributed by atoms with Crippen molar-refractivity contribution in [3.63, 3.8) is 0 Å². The average Bonchev–Trinajstić information content (AvgIpc) is 2.71. The van der Waals surface area contributed by atoms with E-state index < -0.39 is 5.54 Å². The molecule has 0 aromatic heterocycles. The summed E-state index contributed by atoms with van der Waals surface area (Å²) in [6.45, 7) is 10.3. The zero-order chi connectivity index (χ0) is 21.2. The number of aliphatic hydroxyl groups is 1. The molecule has 1 aromatic carbocycles. The molecule has 2 N–H and O–H groups in total. The van der Waals surface area contributed by atoms with Gasteiger partial charge in [0.2, 0.25) is 5.91 Å². The molecule has 0 saturated carbocycles. The summed E-state index contributed by atoms with van der Waals surface area (Å²) in [6, 6.07) is 6.37. The number of carbonyl (C=O) groups is 1. The monoisotopic (exact) mass is 402 g/mol. The largest absolute Gasteiger partial charge is 0.391 e. The summed E-state index contributed by atoms with van der Waals surface area (Å²) in [5.41, 5.74) is 2.83. The molecule has 6 nitrogen and oxygen atoms in total. The molecule has 1 aromatic rings. The normalized spacial score (nSPS) is 25.2. The molecule has 2 aliphatic heterocycles. The molecule has 29 heavy (non-hydrogen) atoms. The lowest BCUT2D eigenvalue weighted by Gasteiger charge is -2.49. The number of aryl methyl sites for hydroxylation is 2. The van der Waals surface area contributed by atoms with Gasteiger partial charge >= 0.3 is 0 Å². The van der Waals surface area contributed by atoms with Crippen LogP contribution < -0.4 is 10.2 Å². The van der Waals surface area contributed by atoms with Crippen LogP contribution in [0.1, 0.15) is 37.3 Å². The number of hydrogen-bond donors (Lipinski definition) is 2. The third-order valence-electron chi connectivity index (χ3n) is 7.03. The Labute approximate surface area is 175 Å². The van der Waals surface area contributed by atoms with Crippen molar-refractivity contribution in [3.8, 4) is 0 Å². The van der Waals surface area contributed by atoms with Crippen molar-refractivity contribution in [1.82, 2.24) is 15.1 Å². The van der Waals surface area contributed by atoms with Gasteiger partial charge in [-0.1, -0.05) is 18.2 Å². The fourth-order valence-corrected chi connectivity index (χ4v) is 5.16. The average molecular weight is 403 g/mol. The number of nitrogens with one attached hydrogen (secondary N) is 1. The molecule has 2 aliphatic rings. The van der Waals surface area contributed by atoms with E-state index in [0.717, 1.165) is 62.3 Å². The van der Waals surface area contributed by atoms with E-state index in [1.807, 2.05) is 19.0 Å². The Balaban J connectivity index is 1.83. The maximum Gasteiger partial charge on any atom is 0.247 e. The van der Waals surface area contributed by atoms with Gasteiger partial charge in [-0.3, -0.25) is 14.6 Å². The zero-order valence-electron chi connectivity index (χ0n) is 18.7. The molecule has 2 atom stereocenters. The molecule has 0 spiro atoms. The van der Waals surface area contributed by atoms with Crippen LogP contribution in [-0.2, 0) is 4.79 Å². The highest BCUT2D eigenvalue weighted by Gasteiger charge is 2.47. The summed E-state index contributed by atoms with van der Waals surface area (Å²) in [6.07, 6.45) is 2.09. The Bertz CT molecular complexity index is 693. The van der Waals surface area contributed by atoms with Crippen LogP contribution in [0.5, 0.6) is 0 Å². The molecular formula is C23H38N4O2. The lowest BCUT2D eigenvalue weighted by Crippen LogP contribution is -2.65. The second-order valence-corrected chi connectivity index (χ2v) is 8.88. The molecule has 0 radical (unpaired) electrons. The van der Waals surface area contributed by atoms with Gasteiger partial charge in [0.1, 0.15) is 5.54 Å². The highest BCUT2D eigenvalue weighted by Crippen LogP contribution is 2.34. The van der Waals surface area contributed by atoms with Crippen LogP contribution in [-0.4, -0.2) is 85.3 Å². The van der Waals surface area contributed by atoms with Gasteiger partial charge in [0.05, 0.1) is 6.10 Å². The minimum Gasteiger partial charge on any atom is -0.391 e. The van der Waals surface area contributed by atoms with E-state index in [-0.39, 0.29) is 18.1 Å². The number of para-hydroxylation sites is 1. The van der Waals surface area contributed by atoms with Gasteiger partial charge < -0.3 is 15.3 Å². The van der Waals surface area contributed by atoms with E-state index in [1.54, 1.807) is 0 Å². The third-order valence-corrected chi connectivity index (χ3v) is 7.03. The molecule has 162 valence electrons. The minimum absolute atomic E-state index is 0.153. The first-order valence-electron chi connectivity index (χ1n) is 11.0. The summed E-state index contributed by atoms with van der Waals surface area (Å²) in [4.78, 5) is 20.4. The number of likely N-dealkylation sites (tertiary alicyclic amines) is 1. The Hall–Kier alpha value is -1.47. The second-order valence-electron chi connectivity index (χ2n) is 8.88. The molecule has 0 unspecified atom stereocenters. The predicted molar refractivity (Wildman–Crippen MR) is 118 cm³/mol. The topological polar surface area (TPSA) is 59.1 Å². The van der Waals surface area contributed by atoms with Crippen molar-refractivity contribution >= 4 is 11.6 Å². The minimum atomic E-state index is -0.506. The maximum absolute atomic E-state index is 13.9. The van der Waals surface area contributed by atoms with Crippen LogP contribution in [0.15, 0.2) is 18.2 Å². The number of piperidine rings is 2. The van der Waals surface area contributed by atoms with Crippen LogP contribution in [0.3, 0.4) is 0 Å². The maximum atomic E-state index is 13.9. The number of carbonyl (C=O) groups excluding carboxylic acids is 1. The van der Waals surface area contributed by atoms with Gasteiger partial charge in [0.25, 0.3) is 0 Å². The molecular weight excluding hydrogens is 364 g/mol. The number of likely N-dealkylation sites (N-methyl/N-ethyl adjacent to an activating group) is 2. The van der Waals surface area contributed by atoms with E-state index in [1.165, 1.54) is 0 Å². The first-order chi connectivity index (χ1) is 13.8. The first kappa shape index (κ1) is 22.2. The van der Waals surface area contributed by atoms with E-state index in [0.29, 0.717) is 6.54 Å². The number of amides is 1. The van der Waals surface area contributed by atoms with E-state index in [2.05, 4.69) is 54.1 Å². The summed E-state index contributed by atoms with van der Waals surface area (Å²) < 4.78 is 0. The third kappa shape index (κ3) is 4.22. The Morgan fingerprint density at radius 2 is 1.86 bits per heavy atom. The van der Waals surface area contributed by atoms with Gasteiger partial charge in [-0.25, -0.2) is 0 Å². The Morgan fingerprint density at radius 3 is 2.38 bits per heavy atom. The Kier molecular flexibility index (Phi) is 6.99. The fourth-order valence-electron chi connectivity index (χ4n) is 5.16. The number of nitrogens with zero attached hydrogens (tertiary/aromatic N) is 3. The summed E-state index contributed by atoms with van der Waals surface area (Å²) in [5, 5.41) is 13.8. The van der Waals surface area contributed by atoms with Gasteiger partial charge in [-0.2, -0.15) is 0 Å². The second kappa shape index (κ2) is 9.13. The quantitative estimate of drug-likeness (QED) is 0.786. The van der Waals surface area contributed by atoms with E-state index in [9.17, 15) is 9.90 Å². The Morgan fingerprint density at radius 1 is 1.24 bits per heavy atom. The van der Waals surface area contributed by atoms with Gasteiger partial charge in [-0.05, 0) is 71.8 Å². The highest BCUT2D eigenvalue weighted by atomic mass is 16.3. The molecule has 1 amide bonds. The summed E-state index contributed by atoms with van der Waals surface area (Å²) in [5.74, 6) is 0.198. The molecule has 2 saturated heterocycles. The standard InChI is InChI=1S/C23H38N4O2/c1-6-27(21-17(2)8-7-9-18(21)3)22(29)23(25(4)5)11-14-26(15-12-23)19-16-24-13-10-20(19)28/h7-9,19-20,24,28H,6,10-16H2,1-5H3/t19-,20-/m1/s1. The number of aliphatic hydroxyl groups excluding tert-OH is 1. The lowest BCUT2D eigenvalue weighted by molar-refractivity contribution is -0.133. The van der Waals surface area contributed by atoms with Crippen molar-refractivity contribution in [2.75, 3.05) is 51.7 Å².